The Bertz CT molecular complexity index is 1630. The van der Waals surface area contributed by atoms with Crippen LogP contribution in [0, 0.1) is 62.1 Å². The van der Waals surface area contributed by atoms with Crippen LogP contribution in [0.1, 0.15) is 156 Å². The van der Waals surface area contributed by atoms with Gasteiger partial charge in [0.1, 0.15) is 6.10 Å². The highest BCUT2D eigenvalue weighted by atomic mass is 16.5. The van der Waals surface area contributed by atoms with Crippen LogP contribution < -0.4 is 5.32 Å². The predicted molar refractivity (Wildman–Crippen MR) is 205 cm³/mol. The van der Waals surface area contributed by atoms with Crippen molar-refractivity contribution in [2.75, 3.05) is 0 Å². The lowest BCUT2D eigenvalue weighted by Gasteiger charge is -2.72. The van der Waals surface area contributed by atoms with Gasteiger partial charge in [0.25, 0.3) is 0 Å². The zero-order chi connectivity index (χ0) is 37.6. The lowest BCUT2D eigenvalue weighted by atomic mass is 9.32. The van der Waals surface area contributed by atoms with Gasteiger partial charge in [0.15, 0.2) is 0 Å². The van der Waals surface area contributed by atoms with E-state index < -0.39 is 17.4 Å². The van der Waals surface area contributed by atoms with Crippen LogP contribution in [0.5, 0.6) is 0 Å². The first-order valence-electron chi connectivity index (χ1n) is 20.8. The largest absolute Gasteiger partial charge is 0.481 e. The van der Waals surface area contributed by atoms with E-state index >= 15 is 0 Å². The van der Waals surface area contributed by atoms with Crippen molar-refractivity contribution in [3.63, 3.8) is 0 Å². The number of carbonyl (C=O) groups is 3. The number of hydrogen-bond donors (Lipinski definition) is 2. The van der Waals surface area contributed by atoms with E-state index in [1.54, 1.807) is 13.8 Å². The Balaban J connectivity index is 1.15. The van der Waals surface area contributed by atoms with Gasteiger partial charge in [-0.15, -0.1) is 0 Å². The minimum Gasteiger partial charge on any atom is -0.481 e. The monoisotopic (exact) mass is 714 g/mol. The number of fused-ring (bicyclic) bond motifs is 8. The standard InChI is InChI=1S/C46H67NO5/c1-28(2)30-19-24-46(39(49)47-33-16-12-14-29-13-10-11-15-31(29)33)26-25-44(8)32(38(30)46)17-18-35-43(7)22-21-36(52-37(48)27-41(3,4)40(50)51)42(5,6)34(43)20-23-45(35,44)9/h10-11,13,15,30,32-36,38H,1,12,14,16-27H2,2-9H3,(H,47,49)(H,50,51)/t30-,32+,33-,34-,35+,36-,38+,43-,44+,45+,46-/m0/s1. The number of carbonyl (C=O) groups excluding carboxylic acids is 2. The number of carboxylic acid groups (broad SMARTS) is 1. The van der Waals surface area contributed by atoms with E-state index in [-0.39, 0.29) is 45.6 Å². The summed E-state index contributed by atoms with van der Waals surface area (Å²) in [5, 5.41) is 13.3. The Kier molecular flexibility index (Phi) is 9.22. The van der Waals surface area contributed by atoms with Gasteiger partial charge in [-0.3, -0.25) is 14.4 Å². The van der Waals surface area contributed by atoms with Crippen molar-refractivity contribution in [2.45, 2.75) is 157 Å². The highest BCUT2D eigenvalue weighted by Gasteiger charge is 2.72. The van der Waals surface area contributed by atoms with E-state index in [4.69, 9.17) is 4.74 Å². The van der Waals surface area contributed by atoms with Crippen molar-refractivity contribution in [1.82, 2.24) is 5.32 Å². The summed E-state index contributed by atoms with van der Waals surface area (Å²) in [4.78, 5) is 39.8. The normalized spacial score (nSPS) is 42.0. The van der Waals surface area contributed by atoms with E-state index in [1.165, 1.54) is 23.1 Å². The quantitative estimate of drug-likeness (QED) is 0.217. The Hall–Kier alpha value is -2.63. The molecule has 286 valence electrons. The fourth-order valence-electron chi connectivity index (χ4n) is 14.6. The summed E-state index contributed by atoms with van der Waals surface area (Å²) in [5.74, 6) is 1.12. The average Bonchev–Trinajstić information content (AvgIpc) is 3.48. The highest BCUT2D eigenvalue weighted by molar-refractivity contribution is 5.84. The second-order valence-electron chi connectivity index (χ2n) is 20.7. The second kappa shape index (κ2) is 12.7. The molecule has 5 saturated carbocycles. The van der Waals surface area contributed by atoms with Crippen molar-refractivity contribution >= 4 is 17.8 Å². The molecule has 5 fully saturated rings. The third-order valence-corrected chi connectivity index (χ3v) is 17.6. The highest BCUT2D eigenvalue weighted by Crippen LogP contribution is 2.77. The van der Waals surface area contributed by atoms with Crippen LogP contribution in [0.2, 0.25) is 0 Å². The molecule has 6 nitrogen and oxygen atoms in total. The fourth-order valence-corrected chi connectivity index (χ4v) is 14.6. The summed E-state index contributed by atoms with van der Waals surface area (Å²) in [6.45, 7) is 22.4. The molecule has 7 rings (SSSR count). The van der Waals surface area contributed by atoms with Gasteiger partial charge in [0.05, 0.1) is 23.3 Å². The third kappa shape index (κ3) is 5.48. The number of carboxylic acids is 1. The molecule has 1 aromatic rings. The van der Waals surface area contributed by atoms with E-state index in [1.807, 2.05) is 0 Å². The number of ether oxygens (including phenoxy) is 1. The third-order valence-electron chi connectivity index (χ3n) is 17.6. The first kappa shape index (κ1) is 37.7. The molecule has 0 aliphatic heterocycles. The number of aliphatic carboxylic acids is 1. The van der Waals surface area contributed by atoms with Gasteiger partial charge in [0.2, 0.25) is 5.91 Å². The number of nitrogens with one attached hydrogen (secondary N) is 1. The molecule has 0 spiro atoms. The molecular formula is C46H67NO5. The van der Waals surface area contributed by atoms with Crippen molar-refractivity contribution < 1.29 is 24.2 Å². The SMILES string of the molecule is C=C(C)[C@@H]1CC[C@]2(C(=O)N[C@H]3CCCc4ccccc43)CC[C@]3(C)[C@H](CC[C@@H]4[C@@]5(C)CC[C@H](OC(=O)CC(C)(C)C(=O)O)C(C)(C)[C@@H]5CC[C@]43C)[C@@H]12. The number of rotatable bonds is 7. The summed E-state index contributed by atoms with van der Waals surface area (Å²) >= 11 is 0. The maximum Gasteiger partial charge on any atom is 0.309 e. The van der Waals surface area contributed by atoms with Crippen LogP contribution in [-0.4, -0.2) is 29.1 Å². The van der Waals surface area contributed by atoms with Crippen LogP contribution in [0.4, 0.5) is 0 Å². The van der Waals surface area contributed by atoms with Crippen molar-refractivity contribution in [1.29, 1.82) is 0 Å². The van der Waals surface area contributed by atoms with Gasteiger partial charge in [-0.1, -0.05) is 71.0 Å². The number of aryl methyl sites for hydroxylation is 1. The molecule has 0 radical (unpaired) electrons. The zero-order valence-corrected chi connectivity index (χ0v) is 33.5. The lowest BCUT2D eigenvalue weighted by molar-refractivity contribution is -0.249. The predicted octanol–water partition coefficient (Wildman–Crippen LogP) is 10.3. The van der Waals surface area contributed by atoms with Crippen LogP contribution in [0.15, 0.2) is 36.4 Å². The molecule has 0 heterocycles. The summed E-state index contributed by atoms with van der Waals surface area (Å²) in [7, 11) is 0. The van der Waals surface area contributed by atoms with Gasteiger partial charge < -0.3 is 15.2 Å². The summed E-state index contributed by atoms with van der Waals surface area (Å²) in [6, 6.07) is 8.84. The average molecular weight is 714 g/mol. The molecule has 0 bridgehead atoms. The number of benzene rings is 1. The Morgan fingerprint density at radius 1 is 0.885 bits per heavy atom. The van der Waals surface area contributed by atoms with Gasteiger partial charge in [-0.05, 0) is 161 Å². The molecule has 52 heavy (non-hydrogen) atoms. The number of amides is 1. The van der Waals surface area contributed by atoms with Gasteiger partial charge in [-0.2, -0.15) is 0 Å². The van der Waals surface area contributed by atoms with Gasteiger partial charge in [0, 0.05) is 5.41 Å². The molecule has 0 saturated heterocycles. The minimum absolute atomic E-state index is 0.106. The van der Waals surface area contributed by atoms with Crippen LogP contribution in [0.3, 0.4) is 0 Å². The van der Waals surface area contributed by atoms with Crippen molar-refractivity contribution in [3.05, 3.63) is 47.5 Å². The molecule has 6 aliphatic carbocycles. The summed E-state index contributed by atoms with van der Waals surface area (Å²) in [5.41, 5.74) is 2.69. The topological polar surface area (TPSA) is 92.7 Å². The van der Waals surface area contributed by atoms with E-state index in [9.17, 15) is 19.5 Å². The smallest absolute Gasteiger partial charge is 0.309 e. The molecular weight excluding hydrogens is 647 g/mol. The minimum atomic E-state index is -1.15. The molecule has 1 aromatic carbocycles. The number of hydrogen-bond acceptors (Lipinski definition) is 4. The van der Waals surface area contributed by atoms with Crippen molar-refractivity contribution in [3.8, 4) is 0 Å². The van der Waals surface area contributed by atoms with Gasteiger partial charge >= 0.3 is 11.9 Å². The van der Waals surface area contributed by atoms with Crippen LogP contribution in [-0.2, 0) is 25.5 Å². The Labute approximate surface area is 313 Å². The molecule has 6 aliphatic rings. The summed E-state index contributed by atoms with van der Waals surface area (Å²) < 4.78 is 6.19. The second-order valence-corrected chi connectivity index (χ2v) is 20.7. The van der Waals surface area contributed by atoms with Crippen LogP contribution in [0.25, 0.3) is 0 Å². The zero-order valence-electron chi connectivity index (χ0n) is 33.5. The number of esters is 1. The molecule has 6 heteroatoms. The van der Waals surface area contributed by atoms with Gasteiger partial charge in [-0.25, -0.2) is 0 Å². The fraction of sp³-hybridized carbons (Fsp3) is 0.761. The van der Waals surface area contributed by atoms with Crippen molar-refractivity contribution in [2.24, 2.45) is 62.1 Å². The summed E-state index contributed by atoms with van der Waals surface area (Å²) in [6.07, 6.45) is 13.5. The first-order chi connectivity index (χ1) is 24.3. The molecule has 0 unspecified atom stereocenters. The van der Waals surface area contributed by atoms with Crippen LogP contribution >= 0.6 is 0 Å². The maximum atomic E-state index is 14.9. The van der Waals surface area contributed by atoms with E-state index in [0.29, 0.717) is 35.5 Å². The molecule has 1 amide bonds. The number of allylic oxidation sites excluding steroid dienone is 1. The van der Waals surface area contributed by atoms with E-state index in [2.05, 4.69) is 77.7 Å². The maximum absolute atomic E-state index is 14.9. The molecule has 2 N–H and O–H groups in total. The molecule has 0 aromatic heterocycles. The molecule has 11 atom stereocenters. The Morgan fingerprint density at radius 3 is 2.33 bits per heavy atom. The Morgan fingerprint density at radius 2 is 1.62 bits per heavy atom. The first-order valence-corrected chi connectivity index (χ1v) is 20.8. The lowest BCUT2D eigenvalue weighted by Crippen LogP contribution is -2.67. The van der Waals surface area contributed by atoms with E-state index in [0.717, 1.165) is 77.0 Å².